The third kappa shape index (κ3) is 3.61. The van der Waals surface area contributed by atoms with Crippen molar-refractivity contribution >= 4 is 22.8 Å². The molecule has 31 heavy (non-hydrogen) atoms. The number of nitrogen functional groups attached to an aromatic ring is 1. The molecule has 2 N–H and O–H groups in total. The quantitative estimate of drug-likeness (QED) is 0.548. The molecular weight excluding hydrogens is 390 g/mol. The van der Waals surface area contributed by atoms with E-state index in [2.05, 4.69) is 52.1 Å². The lowest BCUT2D eigenvalue weighted by Crippen LogP contribution is -2.22. The number of nitrogens with two attached hydrogens (primary N) is 1. The largest absolute Gasteiger partial charge is 0.383 e. The lowest BCUT2D eigenvalue weighted by molar-refractivity contribution is 0.0822. The molecule has 0 bridgehead atoms. The number of anilines is 1. The number of aryl methyl sites for hydroxylation is 2. The Morgan fingerprint density at radius 3 is 2.55 bits per heavy atom. The van der Waals surface area contributed by atoms with Gasteiger partial charge in [0.15, 0.2) is 5.65 Å². The summed E-state index contributed by atoms with van der Waals surface area (Å²) in [6.45, 7) is 6.05. The summed E-state index contributed by atoms with van der Waals surface area (Å²) < 4.78 is 1.88. The average molecular weight is 416 g/mol. The molecule has 1 unspecified atom stereocenters. The highest BCUT2D eigenvalue weighted by Crippen LogP contribution is 2.30. The van der Waals surface area contributed by atoms with Gasteiger partial charge in [0.1, 0.15) is 17.8 Å². The number of fused-ring (bicyclic) bond motifs is 1. The van der Waals surface area contributed by atoms with E-state index in [1.54, 1.807) is 26.4 Å². The van der Waals surface area contributed by atoms with Crippen LogP contribution in [0.5, 0.6) is 0 Å². The maximum atomic E-state index is 12.1. The molecule has 1 amide bonds. The molecule has 0 radical (unpaired) electrons. The van der Waals surface area contributed by atoms with Gasteiger partial charge in [-0.25, -0.2) is 14.6 Å². The molecule has 8 nitrogen and oxygen atoms in total. The number of hydrogen-bond acceptors (Lipinski definition) is 6. The lowest BCUT2D eigenvalue weighted by atomic mass is 9.96. The first kappa shape index (κ1) is 20.5. The maximum Gasteiger partial charge on any atom is 0.271 e. The van der Waals surface area contributed by atoms with Gasteiger partial charge in [0, 0.05) is 25.9 Å². The van der Waals surface area contributed by atoms with Crippen molar-refractivity contribution in [1.82, 2.24) is 29.6 Å². The van der Waals surface area contributed by atoms with Gasteiger partial charge in [0.05, 0.1) is 17.1 Å². The third-order valence-electron chi connectivity index (χ3n) is 5.50. The number of carbonyl (C=O) groups excluding carboxylic acids is 1. The Morgan fingerprint density at radius 1 is 1.10 bits per heavy atom. The molecule has 0 fully saturated rings. The van der Waals surface area contributed by atoms with Crippen molar-refractivity contribution < 1.29 is 4.79 Å². The van der Waals surface area contributed by atoms with E-state index in [0.29, 0.717) is 17.2 Å². The van der Waals surface area contributed by atoms with Gasteiger partial charge in [-0.2, -0.15) is 5.10 Å². The molecule has 0 spiro atoms. The third-order valence-corrected chi connectivity index (χ3v) is 5.50. The van der Waals surface area contributed by atoms with Crippen LogP contribution in [0.25, 0.3) is 22.2 Å². The molecule has 0 aliphatic carbocycles. The summed E-state index contributed by atoms with van der Waals surface area (Å²) >= 11 is 0. The van der Waals surface area contributed by atoms with Crippen molar-refractivity contribution in [2.24, 2.45) is 0 Å². The number of pyridine rings is 1. The Balaban J connectivity index is 1.73. The summed E-state index contributed by atoms with van der Waals surface area (Å²) in [5, 5.41) is 5.46. The molecule has 1 aromatic carbocycles. The second-order valence-corrected chi connectivity index (χ2v) is 7.87. The normalized spacial score (nSPS) is 12.2. The maximum absolute atomic E-state index is 12.1. The number of amides is 1. The van der Waals surface area contributed by atoms with Crippen molar-refractivity contribution in [3.63, 3.8) is 0 Å². The summed E-state index contributed by atoms with van der Waals surface area (Å²) in [4.78, 5) is 26.5. The second-order valence-electron chi connectivity index (χ2n) is 7.87. The van der Waals surface area contributed by atoms with Crippen molar-refractivity contribution in [3.05, 3.63) is 65.4 Å². The predicted octanol–water partition coefficient (Wildman–Crippen LogP) is 3.40. The minimum atomic E-state index is -0.118. The molecule has 8 heteroatoms. The van der Waals surface area contributed by atoms with Gasteiger partial charge in [-0.1, -0.05) is 18.2 Å². The zero-order valence-corrected chi connectivity index (χ0v) is 18.3. The van der Waals surface area contributed by atoms with E-state index >= 15 is 0 Å². The van der Waals surface area contributed by atoms with E-state index in [4.69, 9.17) is 5.73 Å². The summed E-state index contributed by atoms with van der Waals surface area (Å²) in [5.74, 6) is 0.316. The highest BCUT2D eigenvalue weighted by atomic mass is 16.2. The van der Waals surface area contributed by atoms with E-state index in [1.165, 1.54) is 11.2 Å². The van der Waals surface area contributed by atoms with E-state index in [0.717, 1.165) is 33.3 Å². The van der Waals surface area contributed by atoms with Crippen molar-refractivity contribution in [2.45, 2.75) is 26.8 Å². The second kappa shape index (κ2) is 7.79. The van der Waals surface area contributed by atoms with Crippen LogP contribution < -0.4 is 5.73 Å². The van der Waals surface area contributed by atoms with Gasteiger partial charge in [0.25, 0.3) is 5.91 Å². The Kier molecular flexibility index (Phi) is 5.14. The molecule has 0 aliphatic heterocycles. The molecule has 4 rings (SSSR count). The number of nitrogens with zero attached hydrogens (tertiary/aromatic N) is 6. The van der Waals surface area contributed by atoms with Crippen LogP contribution in [0.3, 0.4) is 0 Å². The fourth-order valence-corrected chi connectivity index (χ4v) is 3.70. The van der Waals surface area contributed by atoms with Crippen molar-refractivity contribution in [2.75, 3.05) is 19.8 Å². The average Bonchev–Trinajstić information content (AvgIpc) is 3.11. The number of aromatic nitrogens is 5. The van der Waals surface area contributed by atoms with Crippen LogP contribution in [0.1, 0.15) is 40.3 Å². The fraction of sp³-hybridized carbons (Fsp3) is 0.261. The van der Waals surface area contributed by atoms with Gasteiger partial charge in [-0.15, -0.1) is 0 Å². The molecule has 158 valence electrons. The first-order chi connectivity index (χ1) is 14.8. The monoisotopic (exact) mass is 415 g/mol. The van der Waals surface area contributed by atoms with Gasteiger partial charge >= 0.3 is 0 Å². The first-order valence-electron chi connectivity index (χ1n) is 10.0. The van der Waals surface area contributed by atoms with Crippen LogP contribution in [-0.2, 0) is 0 Å². The number of rotatable bonds is 4. The summed E-state index contributed by atoms with van der Waals surface area (Å²) in [7, 11) is 3.43. The molecule has 3 aromatic heterocycles. The molecule has 1 atom stereocenters. The van der Waals surface area contributed by atoms with Gasteiger partial charge in [0.2, 0.25) is 0 Å². The molecular formula is C23H25N7O. The zero-order chi connectivity index (χ0) is 22.3. The van der Waals surface area contributed by atoms with Crippen LogP contribution in [-0.4, -0.2) is 49.6 Å². The Labute approximate surface area is 180 Å². The fourth-order valence-electron chi connectivity index (χ4n) is 3.70. The van der Waals surface area contributed by atoms with E-state index in [-0.39, 0.29) is 11.9 Å². The topological polar surface area (TPSA) is 103 Å². The minimum Gasteiger partial charge on any atom is -0.383 e. The van der Waals surface area contributed by atoms with E-state index in [9.17, 15) is 4.79 Å². The Hall–Kier alpha value is -3.81. The molecule has 0 saturated heterocycles. The van der Waals surface area contributed by atoms with Crippen LogP contribution in [0, 0.1) is 13.8 Å². The highest BCUT2D eigenvalue weighted by molar-refractivity contribution is 5.92. The molecule has 0 aliphatic rings. The van der Waals surface area contributed by atoms with Crippen LogP contribution in [0.4, 0.5) is 5.82 Å². The van der Waals surface area contributed by atoms with Gasteiger partial charge in [-0.3, -0.25) is 9.78 Å². The van der Waals surface area contributed by atoms with E-state index < -0.39 is 0 Å². The molecule has 4 aromatic rings. The smallest absolute Gasteiger partial charge is 0.271 e. The zero-order valence-electron chi connectivity index (χ0n) is 18.3. The number of hydrogen-bond donors (Lipinski definition) is 1. The highest BCUT2D eigenvalue weighted by Gasteiger charge is 2.19. The van der Waals surface area contributed by atoms with Crippen molar-refractivity contribution in [1.29, 1.82) is 0 Å². The summed E-state index contributed by atoms with van der Waals surface area (Å²) in [6.07, 6.45) is 3.21. The molecule has 3 heterocycles. The Morgan fingerprint density at radius 2 is 1.87 bits per heavy atom. The predicted molar refractivity (Wildman–Crippen MR) is 121 cm³/mol. The summed E-state index contributed by atoms with van der Waals surface area (Å²) in [5.41, 5.74) is 12.2. The lowest BCUT2D eigenvalue weighted by Gasteiger charge is -2.16. The van der Waals surface area contributed by atoms with Crippen LogP contribution >= 0.6 is 0 Å². The Bertz CT molecular complexity index is 1280. The van der Waals surface area contributed by atoms with Crippen LogP contribution in [0.15, 0.2) is 42.9 Å². The SMILES string of the molecule is Cc1ccc(C(C)n2nc(C)c3c(N)ncnc32)cc1-c1ccc(C(=O)N(C)C)nc1. The summed E-state index contributed by atoms with van der Waals surface area (Å²) in [6, 6.07) is 9.94. The van der Waals surface area contributed by atoms with Gasteiger partial charge in [-0.05, 0) is 49.6 Å². The van der Waals surface area contributed by atoms with Crippen LogP contribution in [0.2, 0.25) is 0 Å². The standard InChI is InChI=1S/C23H25N7O/c1-13-6-7-16(10-18(13)17-8-9-19(25-11-17)23(31)29(4)5)15(3)30-22-20(14(2)28-30)21(24)26-12-27-22/h6-12,15H,1-5H3,(H2,24,26,27). The first-order valence-corrected chi connectivity index (χ1v) is 10.0. The number of carbonyl (C=O) groups is 1. The van der Waals surface area contributed by atoms with Crippen molar-refractivity contribution in [3.8, 4) is 11.1 Å². The number of benzene rings is 1. The minimum absolute atomic E-state index is 0.0626. The van der Waals surface area contributed by atoms with E-state index in [1.807, 2.05) is 17.7 Å². The molecule has 0 saturated carbocycles. The van der Waals surface area contributed by atoms with Gasteiger partial charge < -0.3 is 10.6 Å².